The molecule has 0 bridgehead atoms. The smallest absolute Gasteiger partial charge is 0.302 e. The lowest BCUT2D eigenvalue weighted by atomic mass is 9.66. The Morgan fingerprint density at radius 2 is 1.47 bits per heavy atom. The highest BCUT2D eigenvalue weighted by molar-refractivity contribution is 7.85. The predicted molar refractivity (Wildman–Crippen MR) is 167 cm³/mol. The molecule has 0 radical (unpaired) electrons. The zero-order valence-electron chi connectivity index (χ0n) is 26.4. The molecule has 9 nitrogen and oxygen atoms in total. The van der Waals surface area contributed by atoms with E-state index in [4.69, 9.17) is 22.8 Å². The molecule has 0 aliphatic heterocycles. The Labute approximate surface area is 258 Å². The van der Waals surface area contributed by atoms with E-state index in [9.17, 15) is 18.3 Å². The summed E-state index contributed by atoms with van der Waals surface area (Å²) in [6, 6.07) is 19.3. The number of hydrogen-bond acceptors (Lipinski definition) is 9. The van der Waals surface area contributed by atoms with Gasteiger partial charge in [0.1, 0.15) is 11.7 Å². The van der Waals surface area contributed by atoms with Crippen molar-refractivity contribution in [3.05, 3.63) is 71.8 Å². The molecule has 3 rings (SSSR count). The topological polar surface area (TPSA) is 118 Å². The standard InChI is InChI=1S/C32H48O9SSi/c1-24(33)40-29-18-30(41-43(6,7)31(2,3)4)32(34,23-39-42(5,35)36)28(22-38-20-26-16-12-9-13-17-26)27(29)21-37-19-25-14-10-8-11-15-25/h8-17,27-30,34H,18-23H2,1-7H3/t27-,28+,29-,30+,32+/m0/s1. The molecule has 0 unspecified atom stereocenters. The molecule has 1 N–H and O–H groups in total. The second-order valence-corrected chi connectivity index (χ2v) is 19.4. The maximum absolute atomic E-state index is 12.6. The van der Waals surface area contributed by atoms with Gasteiger partial charge in [0, 0.05) is 25.2 Å². The van der Waals surface area contributed by atoms with Gasteiger partial charge in [-0.1, -0.05) is 81.4 Å². The highest BCUT2D eigenvalue weighted by Gasteiger charge is 2.58. The second-order valence-electron chi connectivity index (χ2n) is 13.0. The molecule has 2 aromatic rings. The van der Waals surface area contributed by atoms with E-state index in [1.54, 1.807) is 0 Å². The molecular formula is C32H48O9SSi. The van der Waals surface area contributed by atoms with Crippen LogP contribution in [0.25, 0.3) is 0 Å². The van der Waals surface area contributed by atoms with E-state index in [1.807, 2.05) is 60.7 Å². The normalized spacial score (nSPS) is 24.9. The summed E-state index contributed by atoms with van der Waals surface area (Å²) < 4.78 is 54.7. The monoisotopic (exact) mass is 636 g/mol. The van der Waals surface area contributed by atoms with E-state index >= 15 is 0 Å². The zero-order valence-corrected chi connectivity index (χ0v) is 28.3. The third kappa shape index (κ3) is 10.2. The fourth-order valence-corrected chi connectivity index (χ4v) is 6.92. The van der Waals surface area contributed by atoms with Crippen molar-refractivity contribution in [2.75, 3.05) is 26.1 Å². The molecule has 0 aromatic heterocycles. The van der Waals surface area contributed by atoms with Gasteiger partial charge in [0.25, 0.3) is 10.1 Å². The molecule has 5 atom stereocenters. The third-order valence-electron chi connectivity index (χ3n) is 8.54. The van der Waals surface area contributed by atoms with Crippen LogP contribution in [0.3, 0.4) is 0 Å². The van der Waals surface area contributed by atoms with E-state index < -0.39 is 60.7 Å². The van der Waals surface area contributed by atoms with E-state index in [1.165, 1.54) is 6.92 Å². The van der Waals surface area contributed by atoms with Crippen molar-refractivity contribution >= 4 is 24.4 Å². The van der Waals surface area contributed by atoms with Crippen LogP contribution >= 0.6 is 0 Å². The first-order valence-electron chi connectivity index (χ1n) is 14.7. The number of benzene rings is 2. The Morgan fingerprint density at radius 3 is 1.93 bits per heavy atom. The SMILES string of the molecule is CC(=O)O[C@H]1C[C@@H](O[Si](C)(C)C(C)(C)C)[C@@](O)(COS(C)(=O)=O)[C@H](COCc2ccccc2)[C@@H]1COCc1ccccc1. The van der Waals surface area contributed by atoms with Crippen molar-refractivity contribution in [2.24, 2.45) is 11.8 Å². The molecule has 1 saturated carbocycles. The number of hydrogen-bond donors (Lipinski definition) is 1. The Bertz CT molecular complexity index is 1260. The van der Waals surface area contributed by atoms with Crippen molar-refractivity contribution in [1.29, 1.82) is 0 Å². The molecule has 0 spiro atoms. The van der Waals surface area contributed by atoms with Crippen molar-refractivity contribution < 1.29 is 41.1 Å². The summed E-state index contributed by atoms with van der Waals surface area (Å²) in [7, 11) is -6.42. The summed E-state index contributed by atoms with van der Waals surface area (Å²) in [6.07, 6.45) is -0.474. The first-order valence-corrected chi connectivity index (χ1v) is 19.4. The van der Waals surface area contributed by atoms with Crippen molar-refractivity contribution in [3.8, 4) is 0 Å². The van der Waals surface area contributed by atoms with Crippen LogP contribution in [0.4, 0.5) is 0 Å². The Hall–Kier alpha value is -2.12. The minimum atomic E-state index is -3.91. The largest absolute Gasteiger partial charge is 0.462 e. The number of carbonyl (C=O) groups is 1. The number of aliphatic hydroxyl groups is 1. The van der Waals surface area contributed by atoms with Crippen LogP contribution < -0.4 is 0 Å². The summed E-state index contributed by atoms with van der Waals surface area (Å²) in [6.45, 7) is 11.9. The quantitative estimate of drug-likeness (QED) is 0.172. The number of carbonyl (C=O) groups excluding carboxylic acids is 1. The maximum atomic E-state index is 12.6. The van der Waals surface area contributed by atoms with E-state index in [2.05, 4.69) is 33.9 Å². The first kappa shape index (κ1) is 35.4. The molecule has 43 heavy (non-hydrogen) atoms. The predicted octanol–water partition coefficient (Wildman–Crippen LogP) is 5.09. The molecule has 0 heterocycles. The van der Waals surface area contributed by atoms with E-state index in [0.29, 0.717) is 6.61 Å². The molecular weight excluding hydrogens is 588 g/mol. The molecule has 0 saturated heterocycles. The summed E-state index contributed by atoms with van der Waals surface area (Å²) in [4.78, 5) is 12.3. The second kappa shape index (κ2) is 14.8. The molecule has 2 aromatic carbocycles. The Morgan fingerprint density at radius 1 is 0.953 bits per heavy atom. The van der Waals surface area contributed by atoms with Crippen molar-refractivity contribution in [1.82, 2.24) is 0 Å². The van der Waals surface area contributed by atoms with Gasteiger partial charge in [-0.05, 0) is 29.3 Å². The van der Waals surface area contributed by atoms with Crippen LogP contribution in [0, 0.1) is 11.8 Å². The number of rotatable bonds is 14. The van der Waals surface area contributed by atoms with Gasteiger partial charge in [-0.25, -0.2) is 0 Å². The van der Waals surface area contributed by atoms with Gasteiger partial charge in [0.05, 0.1) is 45.4 Å². The van der Waals surface area contributed by atoms with Crippen molar-refractivity contribution in [2.45, 2.75) is 83.3 Å². The maximum Gasteiger partial charge on any atom is 0.302 e. The summed E-state index contributed by atoms with van der Waals surface area (Å²) in [5.41, 5.74) is 0.109. The molecule has 1 aliphatic carbocycles. The van der Waals surface area contributed by atoms with Crippen LogP contribution in [-0.2, 0) is 50.9 Å². The lowest BCUT2D eigenvalue weighted by Crippen LogP contribution is -2.66. The first-order chi connectivity index (χ1) is 20.0. The number of esters is 1. The highest BCUT2D eigenvalue weighted by Crippen LogP contribution is 2.46. The van der Waals surface area contributed by atoms with Crippen LogP contribution in [-0.4, -0.2) is 71.7 Å². The van der Waals surface area contributed by atoms with Gasteiger partial charge in [-0.3, -0.25) is 8.98 Å². The highest BCUT2D eigenvalue weighted by atomic mass is 32.2. The molecule has 240 valence electrons. The van der Waals surface area contributed by atoms with Gasteiger partial charge in [-0.2, -0.15) is 8.42 Å². The fraction of sp³-hybridized carbons (Fsp3) is 0.594. The van der Waals surface area contributed by atoms with Gasteiger partial charge in [0.2, 0.25) is 0 Å². The Kier molecular flexibility index (Phi) is 12.1. The summed E-state index contributed by atoms with van der Waals surface area (Å²) in [5, 5.41) is 12.3. The zero-order chi connectivity index (χ0) is 31.9. The van der Waals surface area contributed by atoms with Gasteiger partial charge in [0.15, 0.2) is 8.32 Å². The van der Waals surface area contributed by atoms with Crippen LogP contribution in [0.15, 0.2) is 60.7 Å². The van der Waals surface area contributed by atoms with Crippen molar-refractivity contribution in [3.63, 3.8) is 0 Å². The van der Waals surface area contributed by atoms with Gasteiger partial charge in [-0.15, -0.1) is 0 Å². The third-order valence-corrected chi connectivity index (χ3v) is 13.6. The van der Waals surface area contributed by atoms with E-state index in [-0.39, 0.29) is 31.3 Å². The van der Waals surface area contributed by atoms with Crippen LogP contribution in [0.5, 0.6) is 0 Å². The summed E-state index contributed by atoms with van der Waals surface area (Å²) in [5.74, 6) is -1.77. The summed E-state index contributed by atoms with van der Waals surface area (Å²) >= 11 is 0. The average Bonchev–Trinajstić information content (AvgIpc) is 2.91. The lowest BCUT2D eigenvalue weighted by molar-refractivity contribution is -0.221. The van der Waals surface area contributed by atoms with E-state index in [0.717, 1.165) is 17.4 Å². The van der Waals surface area contributed by atoms with Crippen LogP contribution in [0.1, 0.15) is 45.2 Å². The van der Waals surface area contributed by atoms with Gasteiger partial charge >= 0.3 is 5.97 Å². The van der Waals surface area contributed by atoms with Gasteiger partial charge < -0.3 is 23.7 Å². The fourth-order valence-electron chi connectivity index (χ4n) is 5.15. The minimum absolute atomic E-state index is 0.0208. The lowest BCUT2D eigenvalue weighted by Gasteiger charge is -2.54. The molecule has 1 fully saturated rings. The molecule has 1 aliphatic rings. The average molecular weight is 637 g/mol. The number of ether oxygens (including phenoxy) is 3. The molecule has 11 heteroatoms. The van der Waals surface area contributed by atoms with Crippen LogP contribution in [0.2, 0.25) is 18.1 Å². The minimum Gasteiger partial charge on any atom is -0.462 e. The Balaban J connectivity index is 2.02. The molecule has 0 amide bonds.